The predicted octanol–water partition coefficient (Wildman–Crippen LogP) is 5.11. The Balaban J connectivity index is 1.56. The van der Waals surface area contributed by atoms with Crippen molar-refractivity contribution in [2.45, 2.75) is 24.4 Å². The number of fused-ring (bicyclic) bond motifs is 3. The summed E-state index contributed by atoms with van der Waals surface area (Å²) in [6.07, 6.45) is 1.62. The van der Waals surface area contributed by atoms with Crippen LogP contribution < -0.4 is 5.63 Å². The first-order valence-electron chi connectivity index (χ1n) is 9.29. The summed E-state index contributed by atoms with van der Waals surface area (Å²) >= 11 is 1.54. The molecule has 29 heavy (non-hydrogen) atoms. The monoisotopic (exact) mass is 403 g/mol. The fourth-order valence-corrected chi connectivity index (χ4v) is 4.53. The van der Waals surface area contributed by atoms with E-state index in [4.69, 9.17) is 8.83 Å². The quantitative estimate of drug-likeness (QED) is 0.231. The van der Waals surface area contributed by atoms with Crippen LogP contribution in [0.15, 0.2) is 79.6 Å². The maximum absolute atomic E-state index is 12.1. The fraction of sp³-hybridized carbons (Fsp3) is 0.136. The molecule has 0 radical (unpaired) electrons. The zero-order valence-corrected chi connectivity index (χ0v) is 16.5. The molecule has 0 amide bonds. The van der Waals surface area contributed by atoms with Gasteiger partial charge in [-0.25, -0.2) is 4.79 Å². The van der Waals surface area contributed by atoms with E-state index in [1.807, 2.05) is 47.9 Å². The van der Waals surface area contributed by atoms with Crippen molar-refractivity contribution in [3.8, 4) is 11.6 Å². The molecule has 3 aromatic heterocycles. The molecular weight excluding hydrogens is 386 g/mol. The molecule has 3 heterocycles. The van der Waals surface area contributed by atoms with Gasteiger partial charge in [0.2, 0.25) is 0 Å². The van der Waals surface area contributed by atoms with Crippen LogP contribution in [0.5, 0.6) is 0 Å². The minimum atomic E-state index is -0.350. The van der Waals surface area contributed by atoms with Gasteiger partial charge < -0.3 is 8.83 Å². The lowest BCUT2D eigenvalue weighted by Crippen LogP contribution is -2.02. The molecule has 0 saturated carbocycles. The normalized spacial score (nSPS) is 11.5. The summed E-state index contributed by atoms with van der Waals surface area (Å²) in [5, 5.41) is 12.5. The lowest BCUT2D eigenvalue weighted by molar-refractivity contribution is 0.560. The van der Waals surface area contributed by atoms with Crippen molar-refractivity contribution in [3.05, 3.63) is 76.8 Å². The van der Waals surface area contributed by atoms with E-state index in [1.165, 1.54) is 0 Å². The first-order chi connectivity index (χ1) is 14.2. The Morgan fingerprint density at radius 3 is 2.79 bits per heavy atom. The summed E-state index contributed by atoms with van der Waals surface area (Å²) in [7, 11) is 0. The zero-order valence-electron chi connectivity index (χ0n) is 15.7. The second-order valence-corrected chi connectivity index (χ2v) is 7.51. The third kappa shape index (κ3) is 3.13. The van der Waals surface area contributed by atoms with Gasteiger partial charge in [0.1, 0.15) is 5.58 Å². The molecule has 0 N–H and O–H groups in total. The van der Waals surface area contributed by atoms with Crippen molar-refractivity contribution in [3.63, 3.8) is 0 Å². The molecule has 6 nitrogen and oxygen atoms in total. The SMILES string of the molecule is CCn1c(SCc2cc(=O)oc3ccc4ccccc4c23)nnc1-c1ccco1. The highest BCUT2D eigenvalue weighted by Gasteiger charge is 2.16. The number of rotatable bonds is 5. The van der Waals surface area contributed by atoms with Crippen molar-refractivity contribution in [2.24, 2.45) is 0 Å². The molecule has 144 valence electrons. The highest BCUT2D eigenvalue weighted by molar-refractivity contribution is 7.98. The van der Waals surface area contributed by atoms with E-state index in [0.29, 0.717) is 29.5 Å². The molecule has 0 unspecified atom stereocenters. The number of benzene rings is 2. The largest absolute Gasteiger partial charge is 0.461 e. The van der Waals surface area contributed by atoms with Crippen LogP contribution in [-0.2, 0) is 12.3 Å². The van der Waals surface area contributed by atoms with E-state index in [2.05, 4.69) is 22.3 Å². The second-order valence-electron chi connectivity index (χ2n) is 6.57. The van der Waals surface area contributed by atoms with Crippen LogP contribution in [0.4, 0.5) is 0 Å². The third-order valence-corrected chi connectivity index (χ3v) is 5.86. The van der Waals surface area contributed by atoms with Gasteiger partial charge in [0.05, 0.1) is 6.26 Å². The van der Waals surface area contributed by atoms with Crippen LogP contribution >= 0.6 is 11.8 Å². The average Bonchev–Trinajstić information content (AvgIpc) is 3.40. The Labute approximate surface area is 170 Å². The summed E-state index contributed by atoms with van der Waals surface area (Å²) in [6.45, 7) is 2.76. The number of hydrogen-bond donors (Lipinski definition) is 0. The van der Waals surface area contributed by atoms with Gasteiger partial charge in [-0.15, -0.1) is 10.2 Å². The van der Waals surface area contributed by atoms with Crippen LogP contribution in [0.1, 0.15) is 12.5 Å². The topological polar surface area (TPSA) is 74.1 Å². The molecule has 0 saturated heterocycles. The Kier molecular flexibility index (Phi) is 4.44. The Hall–Kier alpha value is -3.32. The molecule has 0 aliphatic rings. The van der Waals surface area contributed by atoms with Gasteiger partial charge in [-0.05, 0) is 41.5 Å². The molecule has 0 spiro atoms. The highest BCUT2D eigenvalue weighted by atomic mass is 32.2. The molecule has 7 heteroatoms. The summed E-state index contributed by atoms with van der Waals surface area (Å²) in [4.78, 5) is 12.1. The second kappa shape index (κ2) is 7.25. The van der Waals surface area contributed by atoms with Gasteiger partial charge in [-0.1, -0.05) is 42.1 Å². The Bertz CT molecular complexity index is 1370. The van der Waals surface area contributed by atoms with E-state index >= 15 is 0 Å². The smallest absolute Gasteiger partial charge is 0.336 e. The third-order valence-electron chi connectivity index (χ3n) is 4.85. The summed E-state index contributed by atoms with van der Waals surface area (Å²) in [5.41, 5.74) is 1.17. The van der Waals surface area contributed by atoms with Gasteiger partial charge in [0.25, 0.3) is 0 Å². The van der Waals surface area contributed by atoms with Crippen LogP contribution in [0.25, 0.3) is 33.3 Å². The Morgan fingerprint density at radius 1 is 1.07 bits per heavy atom. The van der Waals surface area contributed by atoms with Crippen molar-refractivity contribution >= 4 is 33.5 Å². The lowest BCUT2D eigenvalue weighted by atomic mass is 10.0. The minimum Gasteiger partial charge on any atom is -0.461 e. The van der Waals surface area contributed by atoms with Crippen LogP contribution in [0.3, 0.4) is 0 Å². The van der Waals surface area contributed by atoms with E-state index in [1.54, 1.807) is 24.1 Å². The van der Waals surface area contributed by atoms with Crippen LogP contribution in [-0.4, -0.2) is 14.8 Å². The molecule has 0 atom stereocenters. The predicted molar refractivity (Wildman–Crippen MR) is 113 cm³/mol. The average molecular weight is 403 g/mol. The van der Waals surface area contributed by atoms with Gasteiger partial charge in [0.15, 0.2) is 16.7 Å². The van der Waals surface area contributed by atoms with Gasteiger partial charge >= 0.3 is 5.63 Å². The molecule has 2 aromatic carbocycles. The van der Waals surface area contributed by atoms with Gasteiger partial charge in [-0.3, -0.25) is 4.57 Å². The molecule has 0 aliphatic carbocycles. The molecule has 5 aromatic rings. The fourth-order valence-electron chi connectivity index (χ4n) is 3.54. The van der Waals surface area contributed by atoms with E-state index in [-0.39, 0.29) is 5.63 Å². The number of thioether (sulfide) groups is 1. The van der Waals surface area contributed by atoms with Crippen molar-refractivity contribution in [1.29, 1.82) is 0 Å². The lowest BCUT2D eigenvalue weighted by Gasteiger charge is -2.09. The van der Waals surface area contributed by atoms with E-state index < -0.39 is 0 Å². The molecule has 0 fully saturated rings. The number of aromatic nitrogens is 3. The summed E-state index contributed by atoms with van der Waals surface area (Å²) in [5.74, 6) is 1.96. The zero-order chi connectivity index (χ0) is 19.8. The van der Waals surface area contributed by atoms with Crippen LogP contribution in [0.2, 0.25) is 0 Å². The summed E-state index contributed by atoms with van der Waals surface area (Å²) < 4.78 is 12.9. The molecular formula is C22H17N3O3S. The van der Waals surface area contributed by atoms with E-state index in [0.717, 1.165) is 26.9 Å². The summed E-state index contributed by atoms with van der Waals surface area (Å²) in [6, 6.07) is 17.2. The standard InChI is InChI=1S/C22H17N3O3S/c1-2-25-21(18-8-5-11-27-18)23-24-22(25)29-13-15-12-19(26)28-17-10-9-14-6-3-4-7-16(14)20(15)17/h3-12H,2,13H2,1H3. The van der Waals surface area contributed by atoms with E-state index in [9.17, 15) is 4.79 Å². The number of hydrogen-bond acceptors (Lipinski definition) is 6. The maximum Gasteiger partial charge on any atom is 0.336 e. The first-order valence-corrected chi connectivity index (χ1v) is 10.3. The first kappa shape index (κ1) is 17.8. The van der Waals surface area contributed by atoms with Crippen molar-refractivity contribution < 1.29 is 8.83 Å². The minimum absolute atomic E-state index is 0.350. The maximum atomic E-state index is 12.1. The molecule has 5 rings (SSSR count). The Morgan fingerprint density at radius 2 is 1.97 bits per heavy atom. The van der Waals surface area contributed by atoms with Crippen molar-refractivity contribution in [1.82, 2.24) is 14.8 Å². The number of nitrogens with zero attached hydrogens (tertiary/aromatic N) is 3. The highest BCUT2D eigenvalue weighted by Crippen LogP contribution is 2.32. The van der Waals surface area contributed by atoms with Gasteiger partial charge in [0, 0.05) is 23.8 Å². The van der Waals surface area contributed by atoms with Crippen LogP contribution in [0, 0.1) is 0 Å². The molecule has 0 bridgehead atoms. The number of furan rings is 1. The van der Waals surface area contributed by atoms with Crippen molar-refractivity contribution in [2.75, 3.05) is 0 Å². The van der Waals surface area contributed by atoms with Gasteiger partial charge in [-0.2, -0.15) is 0 Å². The molecule has 0 aliphatic heterocycles.